The zero-order valence-corrected chi connectivity index (χ0v) is 23.0. The molecular formula is C32H44N4O2. The van der Waals surface area contributed by atoms with Crippen LogP contribution in [0.1, 0.15) is 83.6 Å². The largest absolute Gasteiger partial charge is 0.513 e. The SMILES string of the molecule is C=C(O)C1CN(c2nc3ccccc3n(C3C[C@H]4CCC[C@@H](C3)N4C3C[C@H]4CC(CC)C[C@@H](C3)C4)c2=O)C1. The first kappa shape index (κ1) is 24.7. The third-order valence-corrected chi connectivity index (χ3v) is 11.0. The van der Waals surface area contributed by atoms with Crippen molar-refractivity contribution in [2.24, 2.45) is 23.7 Å². The zero-order chi connectivity index (χ0) is 26.0. The highest BCUT2D eigenvalue weighted by Gasteiger charge is 2.46. The Morgan fingerprint density at radius 1 is 0.947 bits per heavy atom. The van der Waals surface area contributed by atoms with Crippen molar-refractivity contribution >= 4 is 16.9 Å². The molecule has 2 saturated carbocycles. The normalized spacial score (nSPS) is 35.7. The predicted octanol–water partition coefficient (Wildman–Crippen LogP) is 6.07. The summed E-state index contributed by atoms with van der Waals surface area (Å²) >= 11 is 0. The highest BCUT2D eigenvalue weighted by Crippen LogP contribution is 2.49. The van der Waals surface area contributed by atoms with E-state index in [1.807, 2.05) is 23.1 Å². The molecule has 1 N–H and O–H groups in total. The van der Waals surface area contributed by atoms with Crippen molar-refractivity contribution in [1.29, 1.82) is 0 Å². The number of fused-ring (bicyclic) bond motifs is 5. The molecule has 5 aliphatic rings. The van der Waals surface area contributed by atoms with Gasteiger partial charge in [0.1, 0.15) is 0 Å². The van der Waals surface area contributed by atoms with E-state index in [1.165, 1.54) is 57.8 Å². The van der Waals surface area contributed by atoms with Crippen LogP contribution in [-0.2, 0) is 0 Å². The fourth-order valence-electron chi connectivity index (χ4n) is 9.30. The van der Waals surface area contributed by atoms with E-state index in [2.05, 4.69) is 29.0 Å². The second-order valence-corrected chi connectivity index (χ2v) is 13.3. The Morgan fingerprint density at radius 2 is 1.63 bits per heavy atom. The molecule has 204 valence electrons. The maximum Gasteiger partial charge on any atom is 0.294 e. The van der Waals surface area contributed by atoms with Crippen LogP contribution in [0.2, 0.25) is 0 Å². The van der Waals surface area contributed by atoms with Crippen LogP contribution in [0, 0.1) is 23.7 Å². The molecule has 3 unspecified atom stereocenters. The average molecular weight is 517 g/mol. The summed E-state index contributed by atoms with van der Waals surface area (Å²) in [5.74, 6) is 3.60. The zero-order valence-electron chi connectivity index (χ0n) is 23.0. The van der Waals surface area contributed by atoms with Gasteiger partial charge in [0.2, 0.25) is 0 Å². The van der Waals surface area contributed by atoms with Gasteiger partial charge in [-0.3, -0.25) is 9.69 Å². The molecule has 4 bridgehead atoms. The van der Waals surface area contributed by atoms with Gasteiger partial charge in [-0.05, 0) is 87.7 Å². The summed E-state index contributed by atoms with van der Waals surface area (Å²) in [7, 11) is 0. The van der Waals surface area contributed by atoms with Gasteiger partial charge >= 0.3 is 0 Å². The number of aromatic nitrogens is 2. The van der Waals surface area contributed by atoms with Gasteiger partial charge in [-0.25, -0.2) is 4.98 Å². The van der Waals surface area contributed by atoms with Crippen LogP contribution in [0.4, 0.5) is 5.82 Å². The standard InChI is InChI=1S/C32H44N4O2/c1-3-21-11-22-13-23(12-21)15-27(14-22)35-25-7-6-8-26(35)17-28(16-25)36-30-10-5-4-9-29(30)33-31(32(36)38)34-18-24(19-34)20(2)37/h4-5,9-10,21-28,37H,2-3,6-8,11-19H2,1H3/t21?,22-,23+,25-,26+,27?,28?. The quantitative estimate of drug-likeness (QED) is 0.489. The molecule has 3 aliphatic heterocycles. The number of aliphatic hydroxyl groups excluding tert-OH is 1. The molecular weight excluding hydrogens is 472 g/mol. The molecule has 3 saturated heterocycles. The Kier molecular flexibility index (Phi) is 6.29. The number of para-hydroxylation sites is 2. The maximum atomic E-state index is 14.0. The van der Waals surface area contributed by atoms with E-state index in [0.29, 0.717) is 31.0 Å². The molecule has 1 aromatic heterocycles. The summed E-state index contributed by atoms with van der Waals surface area (Å²) in [6.07, 6.45) is 14.6. The lowest BCUT2D eigenvalue weighted by Gasteiger charge is -2.56. The lowest BCUT2D eigenvalue weighted by Crippen LogP contribution is -2.59. The Morgan fingerprint density at radius 3 is 2.29 bits per heavy atom. The first-order valence-corrected chi connectivity index (χ1v) is 15.4. The van der Waals surface area contributed by atoms with Gasteiger partial charge in [0.05, 0.1) is 22.7 Å². The molecule has 7 rings (SSSR count). The van der Waals surface area contributed by atoms with Crippen LogP contribution >= 0.6 is 0 Å². The van der Waals surface area contributed by atoms with Crippen molar-refractivity contribution in [3.63, 3.8) is 0 Å². The van der Waals surface area contributed by atoms with Crippen molar-refractivity contribution < 1.29 is 5.11 Å². The molecule has 0 amide bonds. The number of anilines is 1. The summed E-state index contributed by atoms with van der Waals surface area (Å²) in [6.45, 7) is 7.31. The molecule has 0 spiro atoms. The van der Waals surface area contributed by atoms with Crippen molar-refractivity contribution in [3.8, 4) is 0 Å². The van der Waals surface area contributed by atoms with E-state index >= 15 is 0 Å². The fourth-order valence-corrected chi connectivity index (χ4v) is 9.30. The number of benzene rings is 1. The molecule has 2 aromatic rings. The van der Waals surface area contributed by atoms with E-state index in [1.54, 1.807) is 0 Å². The van der Waals surface area contributed by atoms with Crippen LogP contribution in [0.5, 0.6) is 0 Å². The van der Waals surface area contributed by atoms with Gasteiger partial charge in [-0.1, -0.05) is 38.5 Å². The number of rotatable bonds is 5. The molecule has 2 aliphatic carbocycles. The minimum atomic E-state index is 0.0290. The molecule has 6 heteroatoms. The van der Waals surface area contributed by atoms with Gasteiger partial charge in [0, 0.05) is 37.3 Å². The van der Waals surface area contributed by atoms with Crippen LogP contribution in [0.3, 0.4) is 0 Å². The molecule has 1 aromatic carbocycles. The first-order valence-electron chi connectivity index (χ1n) is 15.4. The number of hydrogen-bond donors (Lipinski definition) is 1. The molecule has 5 fully saturated rings. The van der Waals surface area contributed by atoms with Crippen molar-refractivity contribution in [3.05, 3.63) is 47.0 Å². The molecule has 6 nitrogen and oxygen atoms in total. The maximum absolute atomic E-state index is 14.0. The molecule has 0 radical (unpaired) electrons. The first-order chi connectivity index (χ1) is 18.5. The topological polar surface area (TPSA) is 61.6 Å². The minimum absolute atomic E-state index is 0.0290. The summed E-state index contributed by atoms with van der Waals surface area (Å²) in [4.78, 5) is 23.9. The second kappa shape index (κ2) is 9.69. The molecule has 7 atom stereocenters. The van der Waals surface area contributed by atoms with E-state index in [4.69, 9.17) is 4.98 Å². The van der Waals surface area contributed by atoms with E-state index in [0.717, 1.165) is 47.7 Å². The van der Waals surface area contributed by atoms with Gasteiger partial charge in [0.15, 0.2) is 5.82 Å². The van der Waals surface area contributed by atoms with Crippen molar-refractivity contribution in [1.82, 2.24) is 14.5 Å². The van der Waals surface area contributed by atoms with Crippen molar-refractivity contribution in [2.75, 3.05) is 18.0 Å². The van der Waals surface area contributed by atoms with Gasteiger partial charge in [-0.15, -0.1) is 0 Å². The molecule has 38 heavy (non-hydrogen) atoms. The van der Waals surface area contributed by atoms with Gasteiger partial charge < -0.3 is 14.6 Å². The van der Waals surface area contributed by atoms with Crippen LogP contribution in [-0.4, -0.2) is 50.8 Å². The summed E-state index contributed by atoms with van der Waals surface area (Å²) in [5.41, 5.74) is 1.91. The Bertz CT molecular complexity index is 1240. The fraction of sp³-hybridized carbons (Fsp3) is 0.688. The van der Waals surface area contributed by atoms with E-state index in [-0.39, 0.29) is 23.3 Å². The second-order valence-electron chi connectivity index (χ2n) is 13.3. The third-order valence-electron chi connectivity index (χ3n) is 11.0. The number of hydrogen-bond acceptors (Lipinski definition) is 5. The molecule has 4 heterocycles. The monoisotopic (exact) mass is 516 g/mol. The summed E-state index contributed by atoms with van der Waals surface area (Å²) in [6, 6.07) is 10.3. The van der Waals surface area contributed by atoms with Gasteiger partial charge in [-0.2, -0.15) is 0 Å². The average Bonchev–Trinajstić information content (AvgIpc) is 2.86. The van der Waals surface area contributed by atoms with Gasteiger partial charge in [0.25, 0.3) is 5.56 Å². The Labute approximate surface area is 226 Å². The highest BCUT2D eigenvalue weighted by atomic mass is 16.3. The third kappa shape index (κ3) is 4.18. The summed E-state index contributed by atoms with van der Waals surface area (Å²) in [5, 5.41) is 9.81. The smallest absolute Gasteiger partial charge is 0.294 e. The van der Waals surface area contributed by atoms with Crippen LogP contribution in [0.15, 0.2) is 41.4 Å². The van der Waals surface area contributed by atoms with E-state index < -0.39 is 0 Å². The predicted molar refractivity (Wildman–Crippen MR) is 153 cm³/mol. The minimum Gasteiger partial charge on any atom is -0.513 e. The lowest BCUT2D eigenvalue weighted by molar-refractivity contribution is -0.0534. The number of piperidine rings is 2. The Hall–Kier alpha value is -2.34. The number of aliphatic hydroxyl groups is 1. The number of nitrogens with zero attached hydrogens (tertiary/aromatic N) is 4. The summed E-state index contributed by atoms with van der Waals surface area (Å²) < 4.78 is 2.11. The van der Waals surface area contributed by atoms with Crippen LogP contribution in [0.25, 0.3) is 11.0 Å². The van der Waals surface area contributed by atoms with Crippen LogP contribution < -0.4 is 10.5 Å². The lowest BCUT2D eigenvalue weighted by atomic mass is 9.64. The Balaban J connectivity index is 1.17. The highest BCUT2D eigenvalue weighted by molar-refractivity contribution is 5.76. The van der Waals surface area contributed by atoms with E-state index in [9.17, 15) is 9.90 Å². The van der Waals surface area contributed by atoms with Crippen molar-refractivity contribution in [2.45, 2.75) is 102 Å².